The van der Waals surface area contributed by atoms with E-state index >= 15 is 0 Å². The second-order valence-corrected chi connectivity index (χ2v) is 2.42. The maximum atomic E-state index is 10.5. The van der Waals surface area contributed by atoms with E-state index in [1.54, 1.807) is 0 Å². The van der Waals surface area contributed by atoms with Gasteiger partial charge in [-0.05, 0) is 0 Å². The lowest BCUT2D eigenvalue weighted by molar-refractivity contribution is -0.186. The van der Waals surface area contributed by atoms with E-state index in [2.05, 4.69) is 0 Å². The zero-order valence-corrected chi connectivity index (χ0v) is 6.75. The zero-order chi connectivity index (χ0) is 11.5. The second kappa shape index (κ2) is 4.03. The van der Waals surface area contributed by atoms with E-state index in [-0.39, 0.29) is 0 Å². The molecule has 0 spiro atoms. The molecule has 0 amide bonds. The Kier molecular flexibility index (Phi) is 3.55. The number of aliphatic hydroxyl groups excluding tert-OH is 2. The van der Waals surface area contributed by atoms with Crippen LogP contribution in [0.15, 0.2) is 0 Å². The quantitative estimate of drug-likeness (QED) is 0.313. The molecule has 0 saturated heterocycles. The number of carboxylic acid groups (broad SMARTS) is 3. The maximum absolute atomic E-state index is 10.5. The molecule has 1 atom stereocenters. The topological polar surface area (TPSA) is 152 Å². The lowest BCUT2D eigenvalue weighted by Crippen LogP contribution is -2.56. The van der Waals surface area contributed by atoms with Crippen molar-refractivity contribution in [1.82, 2.24) is 0 Å². The summed E-state index contributed by atoms with van der Waals surface area (Å²) in [6.45, 7) is -1.29. The Labute approximate surface area is 77.0 Å². The molecule has 0 aliphatic carbocycles. The molecule has 14 heavy (non-hydrogen) atoms. The molecule has 8 nitrogen and oxygen atoms in total. The highest BCUT2D eigenvalue weighted by Crippen LogP contribution is 2.23. The Morgan fingerprint density at radius 2 is 1.29 bits per heavy atom. The number of carboxylic acids is 3. The van der Waals surface area contributed by atoms with Gasteiger partial charge in [-0.2, -0.15) is 0 Å². The molecule has 0 saturated carbocycles. The molecule has 0 aliphatic rings. The molecular formula is C6H8O8. The van der Waals surface area contributed by atoms with Gasteiger partial charge in [-0.25, -0.2) is 0 Å². The molecule has 8 heteroatoms. The standard InChI is InChI=1S/C6H8O8/c7-1-2(8)6(3(9)10,4(11)12)5(13)14/h2,7-8H,1H2,(H,9,10)(H,11,12)(H,13,14). The van der Waals surface area contributed by atoms with Crippen LogP contribution in [-0.2, 0) is 14.4 Å². The zero-order valence-electron chi connectivity index (χ0n) is 6.75. The third-order valence-electron chi connectivity index (χ3n) is 1.68. The fraction of sp³-hybridized carbons (Fsp3) is 0.500. The van der Waals surface area contributed by atoms with Crippen molar-refractivity contribution in [1.29, 1.82) is 0 Å². The van der Waals surface area contributed by atoms with Crippen molar-refractivity contribution in [2.24, 2.45) is 5.41 Å². The fourth-order valence-electron chi connectivity index (χ4n) is 0.839. The Hall–Kier alpha value is -1.67. The first-order valence-corrected chi connectivity index (χ1v) is 3.30. The van der Waals surface area contributed by atoms with Gasteiger partial charge in [0.2, 0.25) is 0 Å². The van der Waals surface area contributed by atoms with Crippen molar-refractivity contribution in [3.8, 4) is 0 Å². The van der Waals surface area contributed by atoms with Gasteiger partial charge in [0.05, 0.1) is 6.61 Å². The summed E-state index contributed by atoms with van der Waals surface area (Å²) in [6, 6.07) is 0. The minimum absolute atomic E-state index is 1.29. The molecule has 0 bridgehead atoms. The minimum Gasteiger partial charge on any atom is -0.480 e. The number of aliphatic carboxylic acids is 3. The average Bonchev–Trinajstić information content (AvgIpc) is 2.02. The summed E-state index contributed by atoms with van der Waals surface area (Å²) in [5, 5.41) is 42.6. The van der Waals surface area contributed by atoms with Crippen molar-refractivity contribution in [3.63, 3.8) is 0 Å². The van der Waals surface area contributed by atoms with Gasteiger partial charge in [0.1, 0.15) is 6.10 Å². The molecular weight excluding hydrogens is 200 g/mol. The van der Waals surface area contributed by atoms with Crippen molar-refractivity contribution >= 4 is 17.9 Å². The van der Waals surface area contributed by atoms with Crippen molar-refractivity contribution in [2.75, 3.05) is 6.61 Å². The normalized spacial score (nSPS) is 13.3. The number of hydrogen-bond acceptors (Lipinski definition) is 5. The largest absolute Gasteiger partial charge is 0.480 e. The number of rotatable bonds is 5. The number of carbonyl (C=O) groups is 3. The molecule has 0 heterocycles. The van der Waals surface area contributed by atoms with Gasteiger partial charge < -0.3 is 25.5 Å². The van der Waals surface area contributed by atoms with Crippen molar-refractivity contribution in [2.45, 2.75) is 6.10 Å². The maximum Gasteiger partial charge on any atom is 0.335 e. The van der Waals surface area contributed by atoms with E-state index in [9.17, 15) is 14.4 Å². The van der Waals surface area contributed by atoms with E-state index in [0.717, 1.165) is 0 Å². The van der Waals surface area contributed by atoms with E-state index in [0.29, 0.717) is 0 Å². The summed E-state index contributed by atoms with van der Waals surface area (Å²) in [4.78, 5) is 31.4. The molecule has 0 aromatic carbocycles. The van der Waals surface area contributed by atoms with Crippen LogP contribution in [0.25, 0.3) is 0 Å². The highest BCUT2D eigenvalue weighted by Gasteiger charge is 2.60. The molecule has 5 N–H and O–H groups in total. The first kappa shape index (κ1) is 12.3. The molecule has 0 aromatic rings. The van der Waals surface area contributed by atoms with E-state index in [1.807, 2.05) is 0 Å². The summed E-state index contributed by atoms with van der Waals surface area (Å²) in [7, 11) is 0. The lowest BCUT2D eigenvalue weighted by Gasteiger charge is -2.23. The number of hydrogen-bond donors (Lipinski definition) is 5. The van der Waals surface area contributed by atoms with E-state index < -0.39 is 36.0 Å². The molecule has 1 unspecified atom stereocenters. The Balaban J connectivity index is 5.50. The summed E-state index contributed by atoms with van der Waals surface area (Å²) in [5.74, 6) is -6.75. The molecule has 0 fully saturated rings. The SMILES string of the molecule is O=C(O)C(C(=O)O)(C(=O)O)C(O)CO. The van der Waals surface area contributed by atoms with Crippen LogP contribution in [0, 0.1) is 5.41 Å². The van der Waals surface area contributed by atoms with Crippen LogP contribution in [0.1, 0.15) is 0 Å². The summed E-state index contributed by atoms with van der Waals surface area (Å²) in [6.07, 6.45) is -2.42. The van der Waals surface area contributed by atoms with Gasteiger partial charge in [-0.1, -0.05) is 0 Å². The van der Waals surface area contributed by atoms with Crippen LogP contribution in [0.4, 0.5) is 0 Å². The lowest BCUT2D eigenvalue weighted by atomic mass is 9.82. The van der Waals surface area contributed by atoms with Crippen LogP contribution in [0.5, 0.6) is 0 Å². The molecule has 0 aliphatic heterocycles. The average molecular weight is 208 g/mol. The summed E-state index contributed by atoms with van der Waals surface area (Å²) < 4.78 is 0. The first-order valence-electron chi connectivity index (χ1n) is 3.30. The molecule has 0 aromatic heterocycles. The van der Waals surface area contributed by atoms with Crippen LogP contribution < -0.4 is 0 Å². The Morgan fingerprint density at radius 1 is 1.00 bits per heavy atom. The smallest absolute Gasteiger partial charge is 0.335 e. The van der Waals surface area contributed by atoms with Gasteiger partial charge in [0, 0.05) is 0 Å². The highest BCUT2D eigenvalue weighted by atomic mass is 16.4. The van der Waals surface area contributed by atoms with Crippen molar-refractivity contribution < 1.29 is 39.9 Å². The van der Waals surface area contributed by atoms with Gasteiger partial charge in [0.15, 0.2) is 0 Å². The fourth-order valence-corrected chi connectivity index (χ4v) is 0.839. The van der Waals surface area contributed by atoms with Crippen LogP contribution >= 0.6 is 0 Å². The van der Waals surface area contributed by atoms with E-state index in [1.165, 1.54) is 0 Å². The van der Waals surface area contributed by atoms with Crippen LogP contribution in [0.2, 0.25) is 0 Å². The monoisotopic (exact) mass is 208 g/mol. The first-order chi connectivity index (χ1) is 6.31. The summed E-state index contributed by atoms with van der Waals surface area (Å²) in [5.41, 5.74) is -3.44. The second-order valence-electron chi connectivity index (χ2n) is 2.42. The molecule has 0 radical (unpaired) electrons. The van der Waals surface area contributed by atoms with E-state index in [4.69, 9.17) is 25.5 Å². The Bertz CT molecular complexity index is 233. The van der Waals surface area contributed by atoms with Crippen LogP contribution in [0.3, 0.4) is 0 Å². The third-order valence-corrected chi connectivity index (χ3v) is 1.68. The van der Waals surface area contributed by atoms with Gasteiger partial charge in [-0.3, -0.25) is 14.4 Å². The van der Waals surface area contributed by atoms with Gasteiger partial charge in [0.25, 0.3) is 5.41 Å². The third kappa shape index (κ3) is 1.52. The summed E-state index contributed by atoms with van der Waals surface area (Å²) >= 11 is 0. The van der Waals surface area contributed by atoms with Gasteiger partial charge >= 0.3 is 17.9 Å². The molecule has 80 valence electrons. The van der Waals surface area contributed by atoms with Crippen LogP contribution in [-0.4, -0.2) is 56.2 Å². The minimum atomic E-state index is -3.44. The van der Waals surface area contributed by atoms with Gasteiger partial charge in [-0.15, -0.1) is 0 Å². The Morgan fingerprint density at radius 3 is 1.36 bits per heavy atom. The van der Waals surface area contributed by atoms with Crippen molar-refractivity contribution in [3.05, 3.63) is 0 Å². The predicted molar refractivity (Wildman–Crippen MR) is 38.4 cm³/mol. The molecule has 0 rings (SSSR count). The highest BCUT2D eigenvalue weighted by molar-refractivity contribution is 6.17. The number of aliphatic hydroxyl groups is 2. The predicted octanol–water partition coefficient (Wildman–Crippen LogP) is -2.42.